The summed E-state index contributed by atoms with van der Waals surface area (Å²) in [4.78, 5) is 0. The standard InChI is InChI=1S/C20H30FNO/c1-18-9-6-14(23)12-13(18)4-5-15-16(18)7-10-19(2)17(15)8-11-20(19,21)22-3/h6,9,12,14-17,22-23H,4-5,7-8,10-11H2,1-3H3/t14?,15-,16-,17+,18+,19+,20?/m1/s1. The zero-order valence-corrected chi connectivity index (χ0v) is 14.6. The number of hydrogen-bond acceptors (Lipinski definition) is 2. The second kappa shape index (κ2) is 4.92. The fourth-order valence-electron chi connectivity index (χ4n) is 6.71. The lowest BCUT2D eigenvalue weighted by molar-refractivity contribution is -0.0927. The Bertz CT molecular complexity index is 572. The van der Waals surface area contributed by atoms with Crippen LogP contribution < -0.4 is 5.32 Å². The number of allylic oxidation sites excluding steroid dienone is 2. The number of nitrogens with one attached hydrogen (secondary N) is 1. The van der Waals surface area contributed by atoms with E-state index in [1.165, 1.54) is 5.57 Å². The maximum atomic E-state index is 15.4. The monoisotopic (exact) mass is 319 g/mol. The molecule has 2 N–H and O–H groups in total. The smallest absolute Gasteiger partial charge is 0.167 e. The molecule has 4 aliphatic carbocycles. The van der Waals surface area contributed by atoms with Gasteiger partial charge >= 0.3 is 0 Å². The maximum Gasteiger partial charge on any atom is 0.167 e. The van der Waals surface area contributed by atoms with Crippen LogP contribution in [0, 0.1) is 28.6 Å². The van der Waals surface area contributed by atoms with E-state index in [4.69, 9.17) is 0 Å². The molecule has 3 fully saturated rings. The third-order valence-corrected chi connectivity index (χ3v) is 8.15. The fraction of sp³-hybridized carbons (Fsp3) is 0.800. The zero-order chi connectivity index (χ0) is 16.5. The van der Waals surface area contributed by atoms with Gasteiger partial charge in [-0.1, -0.05) is 37.6 Å². The first kappa shape index (κ1) is 15.8. The number of fused-ring (bicyclic) bond motifs is 5. The first-order valence-corrected chi connectivity index (χ1v) is 9.30. The topological polar surface area (TPSA) is 32.3 Å². The van der Waals surface area contributed by atoms with Crippen LogP contribution in [0.4, 0.5) is 4.39 Å². The summed E-state index contributed by atoms with van der Waals surface area (Å²) in [5.41, 5.74) is 1.26. The quantitative estimate of drug-likeness (QED) is 0.566. The molecule has 0 heterocycles. The molecule has 0 spiro atoms. The molecule has 0 radical (unpaired) electrons. The molecular weight excluding hydrogens is 289 g/mol. The van der Waals surface area contributed by atoms with Crippen molar-refractivity contribution in [2.75, 3.05) is 7.05 Å². The predicted octanol–water partition coefficient (Wildman–Crippen LogP) is 3.97. The van der Waals surface area contributed by atoms with Gasteiger partial charge in [-0.3, -0.25) is 5.32 Å². The van der Waals surface area contributed by atoms with Crippen molar-refractivity contribution in [3.63, 3.8) is 0 Å². The zero-order valence-electron chi connectivity index (χ0n) is 14.6. The summed E-state index contributed by atoms with van der Waals surface area (Å²) in [6, 6.07) is 0. The lowest BCUT2D eigenvalue weighted by Crippen LogP contribution is -2.56. The van der Waals surface area contributed by atoms with Crippen LogP contribution in [0.25, 0.3) is 0 Å². The van der Waals surface area contributed by atoms with Crippen molar-refractivity contribution in [2.24, 2.45) is 28.6 Å². The summed E-state index contributed by atoms with van der Waals surface area (Å²) >= 11 is 0. The third-order valence-electron chi connectivity index (χ3n) is 8.15. The van der Waals surface area contributed by atoms with Crippen LogP contribution in [0.5, 0.6) is 0 Å². The molecule has 2 nitrogen and oxygen atoms in total. The van der Waals surface area contributed by atoms with E-state index in [2.05, 4.69) is 31.3 Å². The van der Waals surface area contributed by atoms with Crippen LogP contribution >= 0.6 is 0 Å². The molecule has 0 aromatic carbocycles. The van der Waals surface area contributed by atoms with E-state index in [1.54, 1.807) is 7.05 Å². The highest BCUT2D eigenvalue weighted by atomic mass is 19.1. The van der Waals surface area contributed by atoms with Gasteiger partial charge in [-0.2, -0.15) is 0 Å². The molecule has 4 rings (SSSR count). The summed E-state index contributed by atoms with van der Waals surface area (Å²) in [7, 11) is 1.79. The van der Waals surface area contributed by atoms with Crippen LogP contribution in [0.2, 0.25) is 0 Å². The largest absolute Gasteiger partial charge is 0.385 e. The van der Waals surface area contributed by atoms with Gasteiger partial charge in [0.25, 0.3) is 0 Å². The molecule has 2 unspecified atom stereocenters. The van der Waals surface area contributed by atoms with E-state index in [9.17, 15) is 5.11 Å². The van der Waals surface area contributed by atoms with Gasteiger partial charge in [-0.15, -0.1) is 0 Å². The second-order valence-electron chi connectivity index (χ2n) is 8.79. The Labute approximate surface area is 139 Å². The summed E-state index contributed by atoms with van der Waals surface area (Å²) in [5.74, 6) is 0.501. The number of rotatable bonds is 1. The number of halogens is 1. The Morgan fingerprint density at radius 2 is 1.91 bits per heavy atom. The Balaban J connectivity index is 1.69. The molecule has 0 aromatic rings. The Morgan fingerprint density at radius 3 is 2.65 bits per heavy atom. The van der Waals surface area contributed by atoms with Gasteiger partial charge in [0.1, 0.15) is 0 Å². The minimum absolute atomic E-state index is 0.0741. The molecule has 0 bridgehead atoms. The van der Waals surface area contributed by atoms with Crippen molar-refractivity contribution < 1.29 is 9.50 Å². The van der Waals surface area contributed by atoms with Gasteiger partial charge in [0.05, 0.1) is 6.10 Å². The Kier molecular flexibility index (Phi) is 3.39. The molecule has 4 aliphatic rings. The summed E-state index contributed by atoms with van der Waals surface area (Å²) in [6.07, 6.45) is 11.8. The molecule has 3 saturated carbocycles. The second-order valence-corrected chi connectivity index (χ2v) is 8.79. The Hall–Kier alpha value is -0.670. The van der Waals surface area contributed by atoms with Gasteiger partial charge < -0.3 is 5.11 Å². The fourth-order valence-corrected chi connectivity index (χ4v) is 6.71. The van der Waals surface area contributed by atoms with Crippen molar-refractivity contribution in [3.05, 3.63) is 23.8 Å². The van der Waals surface area contributed by atoms with Crippen molar-refractivity contribution in [2.45, 2.75) is 64.3 Å². The van der Waals surface area contributed by atoms with Gasteiger partial charge in [-0.25, -0.2) is 4.39 Å². The molecule has 0 aromatic heterocycles. The highest BCUT2D eigenvalue weighted by Gasteiger charge is 2.64. The van der Waals surface area contributed by atoms with Crippen LogP contribution in [0.3, 0.4) is 0 Å². The molecule has 0 saturated heterocycles. The van der Waals surface area contributed by atoms with E-state index in [0.29, 0.717) is 24.2 Å². The van der Waals surface area contributed by atoms with Crippen LogP contribution in [0.15, 0.2) is 23.8 Å². The van der Waals surface area contributed by atoms with E-state index in [-0.39, 0.29) is 10.8 Å². The number of hydrogen-bond donors (Lipinski definition) is 2. The predicted molar refractivity (Wildman–Crippen MR) is 90.5 cm³/mol. The average molecular weight is 319 g/mol. The van der Waals surface area contributed by atoms with E-state index in [1.807, 2.05) is 6.08 Å². The SMILES string of the molecule is CNC1(F)CC[C@H]2[C@@H]3CCC4=CC(O)C=C[C@]4(C)[C@@H]3CC[C@@]21C. The molecule has 3 heteroatoms. The van der Waals surface area contributed by atoms with Crippen molar-refractivity contribution >= 4 is 0 Å². The maximum absolute atomic E-state index is 15.4. The van der Waals surface area contributed by atoms with E-state index < -0.39 is 11.9 Å². The van der Waals surface area contributed by atoms with Gasteiger partial charge in [-0.05, 0) is 63.3 Å². The minimum Gasteiger partial charge on any atom is -0.385 e. The lowest BCUT2D eigenvalue weighted by Gasteiger charge is -2.57. The lowest BCUT2D eigenvalue weighted by atomic mass is 9.48. The minimum atomic E-state index is -1.20. The average Bonchev–Trinajstić information content (AvgIpc) is 2.80. The third kappa shape index (κ3) is 1.93. The summed E-state index contributed by atoms with van der Waals surface area (Å²) < 4.78 is 15.4. The van der Waals surface area contributed by atoms with Crippen molar-refractivity contribution in [3.8, 4) is 0 Å². The van der Waals surface area contributed by atoms with E-state index in [0.717, 1.165) is 32.1 Å². The highest BCUT2D eigenvalue weighted by molar-refractivity contribution is 5.33. The summed E-state index contributed by atoms with van der Waals surface area (Å²) in [5, 5.41) is 13.0. The van der Waals surface area contributed by atoms with E-state index >= 15 is 4.39 Å². The van der Waals surface area contributed by atoms with Crippen LogP contribution in [0.1, 0.15) is 52.4 Å². The molecule has 23 heavy (non-hydrogen) atoms. The molecule has 0 aliphatic heterocycles. The van der Waals surface area contributed by atoms with Crippen molar-refractivity contribution in [1.82, 2.24) is 5.32 Å². The molecular formula is C20H30FNO. The first-order valence-electron chi connectivity index (χ1n) is 9.30. The molecule has 128 valence electrons. The summed E-state index contributed by atoms with van der Waals surface area (Å²) in [6.45, 7) is 4.53. The molecule has 7 atom stereocenters. The van der Waals surface area contributed by atoms with Gasteiger partial charge in [0.2, 0.25) is 0 Å². The number of aliphatic hydroxyl groups is 1. The highest BCUT2D eigenvalue weighted by Crippen LogP contribution is 2.67. The van der Waals surface area contributed by atoms with Gasteiger partial charge in [0.15, 0.2) is 5.79 Å². The normalized spacial score (nSPS) is 54.9. The van der Waals surface area contributed by atoms with Gasteiger partial charge in [0, 0.05) is 10.8 Å². The first-order chi connectivity index (χ1) is 10.8. The number of aliphatic hydroxyl groups excluding tert-OH is 1. The van der Waals surface area contributed by atoms with Crippen LogP contribution in [-0.4, -0.2) is 24.1 Å². The Morgan fingerprint density at radius 1 is 1.17 bits per heavy atom. The number of alkyl halides is 1. The van der Waals surface area contributed by atoms with Crippen LogP contribution in [-0.2, 0) is 0 Å². The molecule has 0 amide bonds. The van der Waals surface area contributed by atoms with Crippen molar-refractivity contribution in [1.29, 1.82) is 0 Å².